The first-order valence-corrected chi connectivity index (χ1v) is 9.25. The van der Waals surface area contributed by atoms with E-state index < -0.39 is 9.05 Å². The van der Waals surface area contributed by atoms with Gasteiger partial charge in [-0.3, -0.25) is 4.79 Å². The zero-order valence-corrected chi connectivity index (χ0v) is 14.9. The van der Waals surface area contributed by atoms with Crippen molar-refractivity contribution < 1.29 is 13.2 Å². The molecule has 0 spiro atoms. The standard InChI is InChI=1S/C13H17BrClNO3S/c1-5-16(8(2)3)13(17)11-6-10(20(15,18)19)7-12(14)9(11)4/h6-8H,5H2,1-4H3. The van der Waals surface area contributed by atoms with E-state index in [-0.39, 0.29) is 16.8 Å². The van der Waals surface area contributed by atoms with Gasteiger partial charge in [-0.15, -0.1) is 0 Å². The highest BCUT2D eigenvalue weighted by Crippen LogP contribution is 2.28. The Kier molecular flexibility index (Phi) is 5.63. The lowest BCUT2D eigenvalue weighted by molar-refractivity contribution is 0.0716. The van der Waals surface area contributed by atoms with E-state index in [0.29, 0.717) is 22.1 Å². The highest BCUT2D eigenvalue weighted by atomic mass is 79.9. The van der Waals surface area contributed by atoms with Crippen LogP contribution in [-0.4, -0.2) is 31.8 Å². The van der Waals surface area contributed by atoms with Crippen molar-refractivity contribution >= 4 is 41.6 Å². The maximum absolute atomic E-state index is 12.5. The predicted molar refractivity (Wildman–Crippen MR) is 83.8 cm³/mol. The van der Waals surface area contributed by atoms with Gasteiger partial charge in [-0.25, -0.2) is 8.42 Å². The van der Waals surface area contributed by atoms with Crippen molar-refractivity contribution in [1.82, 2.24) is 4.90 Å². The van der Waals surface area contributed by atoms with Crippen LogP contribution in [0.25, 0.3) is 0 Å². The van der Waals surface area contributed by atoms with Crippen LogP contribution in [0.5, 0.6) is 0 Å². The Morgan fingerprint density at radius 2 is 1.95 bits per heavy atom. The molecule has 0 saturated heterocycles. The van der Waals surface area contributed by atoms with Crippen LogP contribution in [0, 0.1) is 6.92 Å². The number of nitrogens with zero attached hydrogens (tertiary/aromatic N) is 1. The van der Waals surface area contributed by atoms with Gasteiger partial charge < -0.3 is 4.90 Å². The summed E-state index contributed by atoms with van der Waals surface area (Å²) in [7, 11) is 1.48. The van der Waals surface area contributed by atoms with Gasteiger partial charge in [-0.1, -0.05) is 15.9 Å². The molecule has 0 saturated carbocycles. The van der Waals surface area contributed by atoms with Crippen LogP contribution in [-0.2, 0) is 9.05 Å². The lowest BCUT2D eigenvalue weighted by Crippen LogP contribution is -2.37. The van der Waals surface area contributed by atoms with E-state index >= 15 is 0 Å². The molecule has 1 aromatic rings. The molecule has 0 atom stereocenters. The number of halogens is 2. The molecule has 1 aromatic carbocycles. The SMILES string of the molecule is CCN(C(=O)c1cc(S(=O)(=O)Cl)cc(Br)c1C)C(C)C. The lowest BCUT2D eigenvalue weighted by atomic mass is 10.1. The van der Waals surface area contributed by atoms with Gasteiger partial charge in [0.25, 0.3) is 15.0 Å². The van der Waals surface area contributed by atoms with Crippen molar-refractivity contribution in [2.24, 2.45) is 0 Å². The summed E-state index contributed by atoms with van der Waals surface area (Å²) >= 11 is 3.27. The molecule has 0 fully saturated rings. The number of hydrogen-bond donors (Lipinski definition) is 0. The minimum Gasteiger partial charge on any atom is -0.336 e. The third kappa shape index (κ3) is 3.74. The van der Waals surface area contributed by atoms with Crippen LogP contribution in [0.4, 0.5) is 0 Å². The van der Waals surface area contributed by atoms with Gasteiger partial charge >= 0.3 is 0 Å². The molecule has 0 N–H and O–H groups in total. The van der Waals surface area contributed by atoms with Gasteiger partial charge in [0.1, 0.15) is 0 Å². The van der Waals surface area contributed by atoms with Crippen molar-refractivity contribution in [1.29, 1.82) is 0 Å². The molecule has 0 aliphatic rings. The van der Waals surface area contributed by atoms with Crippen molar-refractivity contribution in [3.8, 4) is 0 Å². The summed E-state index contributed by atoms with van der Waals surface area (Å²) < 4.78 is 23.5. The molecule has 0 aliphatic heterocycles. The summed E-state index contributed by atoms with van der Waals surface area (Å²) in [4.78, 5) is 14.1. The summed E-state index contributed by atoms with van der Waals surface area (Å²) in [5, 5.41) is 0. The molecule has 112 valence electrons. The van der Waals surface area contributed by atoms with Crippen molar-refractivity contribution in [2.75, 3.05) is 6.54 Å². The molecule has 7 heteroatoms. The lowest BCUT2D eigenvalue weighted by Gasteiger charge is -2.26. The van der Waals surface area contributed by atoms with Crippen molar-refractivity contribution in [3.05, 3.63) is 27.7 Å². The minimum atomic E-state index is -3.88. The summed E-state index contributed by atoms with van der Waals surface area (Å²) in [6.45, 7) is 8.01. The van der Waals surface area contributed by atoms with E-state index in [1.165, 1.54) is 12.1 Å². The fourth-order valence-electron chi connectivity index (χ4n) is 1.91. The van der Waals surface area contributed by atoms with Crippen molar-refractivity contribution in [3.63, 3.8) is 0 Å². The Labute approximate surface area is 132 Å². The smallest absolute Gasteiger partial charge is 0.261 e. The van der Waals surface area contributed by atoms with Gasteiger partial charge in [0.05, 0.1) is 4.90 Å². The molecule has 0 heterocycles. The fourth-order valence-corrected chi connectivity index (χ4v) is 3.31. The molecule has 0 aliphatic carbocycles. The molecule has 0 radical (unpaired) electrons. The third-order valence-corrected chi connectivity index (χ3v) is 5.21. The van der Waals surface area contributed by atoms with Crippen LogP contribution in [0.3, 0.4) is 0 Å². The molecule has 1 amide bonds. The van der Waals surface area contributed by atoms with Gasteiger partial charge in [0, 0.05) is 33.3 Å². The van der Waals surface area contributed by atoms with E-state index in [0.717, 1.165) is 0 Å². The highest BCUT2D eigenvalue weighted by Gasteiger charge is 2.23. The second-order valence-electron chi connectivity index (χ2n) is 4.70. The van der Waals surface area contributed by atoms with Crippen LogP contribution >= 0.6 is 26.6 Å². The average Bonchev–Trinajstić information content (AvgIpc) is 2.31. The van der Waals surface area contributed by atoms with Crippen LogP contribution in [0.15, 0.2) is 21.5 Å². The average molecular weight is 383 g/mol. The number of carbonyl (C=O) groups is 1. The molecule has 1 rings (SSSR count). The van der Waals surface area contributed by atoms with E-state index in [4.69, 9.17) is 10.7 Å². The Morgan fingerprint density at radius 1 is 1.40 bits per heavy atom. The Balaban J connectivity index is 3.45. The Hall–Kier alpha value is -0.590. The zero-order chi connectivity index (χ0) is 15.7. The molecule has 4 nitrogen and oxygen atoms in total. The normalized spacial score (nSPS) is 11.8. The van der Waals surface area contributed by atoms with Crippen LogP contribution < -0.4 is 0 Å². The van der Waals surface area contributed by atoms with Crippen molar-refractivity contribution in [2.45, 2.75) is 38.6 Å². The molecule has 20 heavy (non-hydrogen) atoms. The van der Waals surface area contributed by atoms with Gasteiger partial charge in [0.15, 0.2) is 0 Å². The molecular weight excluding hydrogens is 366 g/mol. The van der Waals surface area contributed by atoms with Gasteiger partial charge in [-0.2, -0.15) is 0 Å². The van der Waals surface area contributed by atoms with Gasteiger partial charge in [0.2, 0.25) is 0 Å². The Bertz CT molecular complexity index is 629. The number of carbonyl (C=O) groups excluding carboxylic acids is 1. The largest absolute Gasteiger partial charge is 0.336 e. The topological polar surface area (TPSA) is 54.5 Å². The Morgan fingerprint density at radius 3 is 2.35 bits per heavy atom. The van der Waals surface area contributed by atoms with E-state index in [9.17, 15) is 13.2 Å². The second-order valence-corrected chi connectivity index (χ2v) is 8.12. The summed E-state index contributed by atoms with van der Waals surface area (Å²) in [6.07, 6.45) is 0. The predicted octanol–water partition coefficient (Wildman–Crippen LogP) is 3.56. The first kappa shape index (κ1) is 17.5. The van der Waals surface area contributed by atoms with E-state index in [1.807, 2.05) is 20.8 Å². The first-order valence-electron chi connectivity index (χ1n) is 6.15. The third-order valence-electron chi connectivity index (χ3n) is 3.05. The van der Waals surface area contributed by atoms with Crippen LogP contribution in [0.2, 0.25) is 0 Å². The summed E-state index contributed by atoms with van der Waals surface area (Å²) in [5.74, 6) is -0.206. The second kappa shape index (κ2) is 6.45. The van der Waals surface area contributed by atoms with Gasteiger partial charge in [-0.05, 0) is 45.4 Å². The van der Waals surface area contributed by atoms with E-state index in [2.05, 4.69) is 15.9 Å². The monoisotopic (exact) mass is 381 g/mol. The number of rotatable bonds is 4. The quantitative estimate of drug-likeness (QED) is 0.748. The van der Waals surface area contributed by atoms with Crippen LogP contribution in [0.1, 0.15) is 36.7 Å². The molecule has 0 aromatic heterocycles. The maximum atomic E-state index is 12.5. The molecule has 0 bridgehead atoms. The number of hydrogen-bond acceptors (Lipinski definition) is 3. The first-order chi connectivity index (χ1) is 9.09. The minimum absolute atomic E-state index is 0.0296. The molecule has 0 unspecified atom stereocenters. The zero-order valence-electron chi connectivity index (χ0n) is 11.8. The maximum Gasteiger partial charge on any atom is 0.261 e. The molecular formula is C13H17BrClNO3S. The fraction of sp³-hybridized carbons (Fsp3) is 0.462. The number of benzene rings is 1. The highest BCUT2D eigenvalue weighted by molar-refractivity contribution is 9.10. The number of amides is 1. The summed E-state index contributed by atoms with van der Waals surface area (Å²) in [5.41, 5.74) is 1.03. The van der Waals surface area contributed by atoms with E-state index in [1.54, 1.807) is 11.8 Å². The summed E-state index contributed by atoms with van der Waals surface area (Å²) in [6, 6.07) is 2.76.